The number of nitrogens with zero attached hydrogens (tertiary/aromatic N) is 1. The average molecular weight is 273 g/mol. The predicted octanol–water partition coefficient (Wildman–Crippen LogP) is 0.750. The molecule has 1 fully saturated rings. The zero-order chi connectivity index (χ0) is 14.4. The van der Waals surface area contributed by atoms with E-state index in [2.05, 4.69) is 0 Å². The third-order valence-corrected chi connectivity index (χ3v) is 3.50. The van der Waals surface area contributed by atoms with Crippen molar-refractivity contribution in [1.29, 1.82) is 0 Å². The summed E-state index contributed by atoms with van der Waals surface area (Å²) in [5.41, 5.74) is 0. The van der Waals surface area contributed by atoms with Crippen LogP contribution in [0, 0.1) is 5.92 Å². The molecule has 19 heavy (non-hydrogen) atoms. The Labute approximate surface area is 113 Å². The number of likely N-dealkylation sites (tertiary alicyclic amines) is 1. The number of rotatable bonds is 7. The van der Waals surface area contributed by atoms with Crippen molar-refractivity contribution >= 4 is 11.9 Å². The Balaban J connectivity index is 2.42. The number of ether oxygens (including phenoxy) is 2. The smallest absolute Gasteiger partial charge is 0.308 e. The summed E-state index contributed by atoms with van der Waals surface area (Å²) in [5, 5.41) is 9.04. The van der Waals surface area contributed by atoms with Crippen LogP contribution in [-0.2, 0) is 19.1 Å². The summed E-state index contributed by atoms with van der Waals surface area (Å²) in [4.78, 5) is 24.8. The van der Waals surface area contributed by atoms with E-state index in [4.69, 9.17) is 14.6 Å². The Bertz CT molecular complexity index is 320. The maximum absolute atomic E-state index is 12.2. The Morgan fingerprint density at radius 2 is 2.11 bits per heavy atom. The van der Waals surface area contributed by atoms with Gasteiger partial charge in [0.25, 0.3) is 5.91 Å². The third kappa shape index (κ3) is 4.18. The minimum absolute atomic E-state index is 0.146. The number of carboxylic acid groups (broad SMARTS) is 1. The predicted molar refractivity (Wildman–Crippen MR) is 68.8 cm³/mol. The largest absolute Gasteiger partial charge is 0.481 e. The summed E-state index contributed by atoms with van der Waals surface area (Å²) in [6.45, 7) is 7.29. The van der Waals surface area contributed by atoms with Crippen molar-refractivity contribution in [2.75, 3.05) is 26.4 Å². The monoisotopic (exact) mass is 273 g/mol. The molecule has 1 amide bonds. The van der Waals surface area contributed by atoms with Gasteiger partial charge in [-0.3, -0.25) is 9.59 Å². The molecule has 0 saturated carbocycles. The van der Waals surface area contributed by atoms with E-state index in [0.717, 1.165) is 0 Å². The van der Waals surface area contributed by atoms with Gasteiger partial charge >= 0.3 is 5.97 Å². The zero-order valence-corrected chi connectivity index (χ0v) is 11.8. The zero-order valence-electron chi connectivity index (χ0n) is 11.8. The lowest BCUT2D eigenvalue weighted by Crippen LogP contribution is -2.43. The van der Waals surface area contributed by atoms with Crippen LogP contribution in [0.15, 0.2) is 0 Å². The van der Waals surface area contributed by atoms with Gasteiger partial charge < -0.3 is 19.5 Å². The van der Waals surface area contributed by atoms with E-state index < -0.39 is 18.0 Å². The number of carbonyl (C=O) groups is 2. The average Bonchev–Trinajstić information content (AvgIpc) is 2.75. The number of hydrogen-bond acceptors (Lipinski definition) is 4. The fourth-order valence-corrected chi connectivity index (χ4v) is 2.31. The lowest BCUT2D eigenvalue weighted by Gasteiger charge is -2.26. The van der Waals surface area contributed by atoms with E-state index in [-0.39, 0.29) is 11.9 Å². The van der Waals surface area contributed by atoms with Gasteiger partial charge in [0, 0.05) is 19.2 Å². The van der Waals surface area contributed by atoms with Gasteiger partial charge in [-0.05, 0) is 27.2 Å². The Morgan fingerprint density at radius 1 is 1.42 bits per heavy atom. The summed E-state index contributed by atoms with van der Waals surface area (Å²) in [7, 11) is 0. The Morgan fingerprint density at radius 3 is 2.63 bits per heavy atom. The van der Waals surface area contributed by atoms with E-state index >= 15 is 0 Å². The molecular weight excluding hydrogens is 250 g/mol. The molecule has 0 bridgehead atoms. The molecule has 0 aliphatic carbocycles. The van der Waals surface area contributed by atoms with Gasteiger partial charge in [-0.2, -0.15) is 0 Å². The second-order valence-electron chi connectivity index (χ2n) is 4.72. The molecule has 1 saturated heterocycles. The van der Waals surface area contributed by atoms with Crippen LogP contribution in [0.1, 0.15) is 27.2 Å². The standard InChI is InChI=1S/C13H23NO5/c1-4-18-7-8-19-10(3)12(15)14-6-5-11(9(14)2)13(16)17/h9-11H,4-8H2,1-3H3,(H,16,17). The number of aliphatic carboxylic acids is 1. The van der Waals surface area contributed by atoms with Gasteiger partial charge in [-0.15, -0.1) is 0 Å². The van der Waals surface area contributed by atoms with Crippen molar-refractivity contribution in [3.63, 3.8) is 0 Å². The highest BCUT2D eigenvalue weighted by Gasteiger charge is 2.39. The number of carbonyl (C=O) groups excluding carboxylic acids is 1. The molecule has 3 unspecified atom stereocenters. The highest BCUT2D eigenvalue weighted by atomic mass is 16.5. The van der Waals surface area contributed by atoms with Gasteiger partial charge in [0.1, 0.15) is 6.10 Å². The molecule has 0 radical (unpaired) electrons. The summed E-state index contributed by atoms with van der Waals surface area (Å²) in [6.07, 6.45) is -0.0519. The van der Waals surface area contributed by atoms with E-state index in [1.54, 1.807) is 18.7 Å². The maximum Gasteiger partial charge on any atom is 0.308 e. The van der Waals surface area contributed by atoms with Crippen LogP contribution in [0.2, 0.25) is 0 Å². The molecular formula is C13H23NO5. The quantitative estimate of drug-likeness (QED) is 0.693. The van der Waals surface area contributed by atoms with Crippen LogP contribution in [0.5, 0.6) is 0 Å². The first kappa shape index (κ1) is 15.9. The summed E-state index contributed by atoms with van der Waals surface area (Å²) in [5.74, 6) is -1.46. The fraction of sp³-hybridized carbons (Fsp3) is 0.846. The van der Waals surface area contributed by atoms with E-state index in [1.165, 1.54) is 0 Å². The molecule has 1 N–H and O–H groups in total. The summed E-state index contributed by atoms with van der Waals surface area (Å²) < 4.78 is 10.5. The molecule has 0 spiro atoms. The second kappa shape index (κ2) is 7.45. The lowest BCUT2D eigenvalue weighted by atomic mass is 10.0. The summed E-state index contributed by atoms with van der Waals surface area (Å²) in [6, 6.07) is -0.275. The van der Waals surface area contributed by atoms with E-state index in [1.807, 2.05) is 6.92 Å². The van der Waals surface area contributed by atoms with Crippen molar-refractivity contribution in [3.8, 4) is 0 Å². The first-order valence-electron chi connectivity index (χ1n) is 6.71. The normalized spacial score (nSPS) is 24.5. The van der Waals surface area contributed by atoms with E-state index in [9.17, 15) is 9.59 Å². The van der Waals surface area contributed by atoms with Gasteiger partial charge in [0.15, 0.2) is 0 Å². The van der Waals surface area contributed by atoms with Crippen LogP contribution < -0.4 is 0 Å². The molecule has 1 heterocycles. The van der Waals surface area contributed by atoms with Crippen molar-refractivity contribution in [2.45, 2.75) is 39.3 Å². The number of carboxylic acids is 1. The summed E-state index contributed by atoms with van der Waals surface area (Å²) >= 11 is 0. The minimum Gasteiger partial charge on any atom is -0.481 e. The van der Waals surface area contributed by atoms with Crippen molar-refractivity contribution < 1.29 is 24.2 Å². The first-order chi connectivity index (χ1) is 8.99. The Hall–Kier alpha value is -1.14. The topological polar surface area (TPSA) is 76.1 Å². The molecule has 0 aromatic carbocycles. The van der Waals surface area contributed by atoms with Gasteiger partial charge in [0.2, 0.25) is 0 Å². The van der Waals surface area contributed by atoms with Gasteiger partial charge in [-0.25, -0.2) is 0 Å². The molecule has 3 atom stereocenters. The third-order valence-electron chi connectivity index (χ3n) is 3.50. The highest BCUT2D eigenvalue weighted by molar-refractivity contribution is 5.82. The van der Waals surface area contributed by atoms with Crippen molar-refractivity contribution in [3.05, 3.63) is 0 Å². The lowest BCUT2D eigenvalue weighted by molar-refractivity contribution is -0.146. The van der Waals surface area contributed by atoms with Crippen LogP contribution in [0.25, 0.3) is 0 Å². The Kier molecular flexibility index (Phi) is 6.24. The highest BCUT2D eigenvalue weighted by Crippen LogP contribution is 2.25. The molecule has 1 rings (SSSR count). The molecule has 110 valence electrons. The molecule has 1 aliphatic rings. The maximum atomic E-state index is 12.2. The van der Waals surface area contributed by atoms with Crippen LogP contribution in [-0.4, -0.2) is 60.4 Å². The van der Waals surface area contributed by atoms with Crippen molar-refractivity contribution in [2.24, 2.45) is 5.92 Å². The van der Waals surface area contributed by atoms with Crippen LogP contribution in [0.3, 0.4) is 0 Å². The molecule has 0 aromatic heterocycles. The van der Waals surface area contributed by atoms with Crippen molar-refractivity contribution in [1.82, 2.24) is 4.90 Å². The van der Waals surface area contributed by atoms with Gasteiger partial charge in [-0.1, -0.05) is 0 Å². The molecule has 6 heteroatoms. The number of hydrogen-bond donors (Lipinski definition) is 1. The molecule has 1 aliphatic heterocycles. The second-order valence-corrected chi connectivity index (χ2v) is 4.72. The fourth-order valence-electron chi connectivity index (χ4n) is 2.31. The van der Waals surface area contributed by atoms with Crippen LogP contribution in [0.4, 0.5) is 0 Å². The molecule has 0 aromatic rings. The molecule has 6 nitrogen and oxygen atoms in total. The first-order valence-corrected chi connectivity index (χ1v) is 6.71. The van der Waals surface area contributed by atoms with Gasteiger partial charge in [0.05, 0.1) is 19.1 Å². The number of amides is 1. The minimum atomic E-state index is -0.840. The SMILES string of the molecule is CCOCCOC(C)C(=O)N1CCC(C(=O)O)C1C. The van der Waals surface area contributed by atoms with Crippen LogP contribution >= 0.6 is 0 Å². The van der Waals surface area contributed by atoms with E-state index in [0.29, 0.717) is 32.8 Å².